The molecule has 1 saturated heterocycles. The third-order valence-corrected chi connectivity index (χ3v) is 6.14. The van der Waals surface area contributed by atoms with Gasteiger partial charge in [0.2, 0.25) is 5.91 Å². The zero-order valence-corrected chi connectivity index (χ0v) is 13.7. The van der Waals surface area contributed by atoms with Crippen LogP contribution in [0.5, 0.6) is 0 Å². The first-order valence-electron chi connectivity index (χ1n) is 7.98. The van der Waals surface area contributed by atoms with Gasteiger partial charge < -0.3 is 9.80 Å². The average Bonchev–Trinajstić information content (AvgIpc) is 2.96. The second-order valence-corrected chi connectivity index (χ2v) is 7.83. The maximum atomic E-state index is 12.6. The summed E-state index contributed by atoms with van der Waals surface area (Å²) < 4.78 is 0.929. The number of carbonyl (C=O) groups is 1. The molecule has 0 radical (unpaired) electrons. The van der Waals surface area contributed by atoms with E-state index in [1.54, 1.807) is 11.8 Å². The van der Waals surface area contributed by atoms with E-state index in [2.05, 4.69) is 9.80 Å². The van der Waals surface area contributed by atoms with Crippen LogP contribution in [-0.2, 0) is 4.79 Å². The fraction of sp³-hybridized carbons (Fsp3) is 0.867. The summed E-state index contributed by atoms with van der Waals surface area (Å²) in [7, 11) is 0. The van der Waals surface area contributed by atoms with Gasteiger partial charge in [-0.15, -0.1) is 0 Å². The smallest absolute Gasteiger partial charge is 0.233 e. The van der Waals surface area contributed by atoms with Crippen LogP contribution in [-0.4, -0.2) is 51.0 Å². The Bertz CT molecular complexity index is 372. The van der Waals surface area contributed by atoms with Gasteiger partial charge in [-0.05, 0) is 38.5 Å². The molecular weight excluding hydrogens is 288 g/mol. The Morgan fingerprint density at radius 2 is 1.65 bits per heavy atom. The first kappa shape index (κ1) is 14.6. The number of carbonyl (C=O) groups excluding carboxylic acids is 1. The molecule has 0 spiro atoms. The Balaban J connectivity index is 1.50. The molecule has 1 heterocycles. The van der Waals surface area contributed by atoms with Gasteiger partial charge in [0.05, 0.1) is 5.75 Å². The van der Waals surface area contributed by atoms with Crippen molar-refractivity contribution in [2.75, 3.05) is 18.8 Å². The monoisotopic (exact) mass is 312 g/mol. The Kier molecular flexibility index (Phi) is 4.87. The summed E-state index contributed by atoms with van der Waals surface area (Å²) in [4.78, 5) is 17.0. The summed E-state index contributed by atoms with van der Waals surface area (Å²) in [5, 5.41) is 0. The minimum atomic E-state index is 0.325. The number of rotatable bonds is 4. The van der Waals surface area contributed by atoms with E-state index < -0.39 is 0 Å². The lowest BCUT2D eigenvalue weighted by molar-refractivity contribution is -0.131. The highest BCUT2D eigenvalue weighted by Gasteiger charge is 2.38. The molecule has 2 saturated carbocycles. The number of nitrogens with zero attached hydrogens (tertiary/aromatic N) is 2. The summed E-state index contributed by atoms with van der Waals surface area (Å²) in [6.07, 6.45) is 9.91. The van der Waals surface area contributed by atoms with Gasteiger partial charge in [-0.25, -0.2) is 0 Å². The van der Waals surface area contributed by atoms with Gasteiger partial charge >= 0.3 is 0 Å². The van der Waals surface area contributed by atoms with Crippen molar-refractivity contribution in [2.45, 2.75) is 63.5 Å². The highest BCUT2D eigenvalue weighted by molar-refractivity contribution is 8.23. The van der Waals surface area contributed by atoms with E-state index in [1.165, 1.54) is 51.4 Å². The van der Waals surface area contributed by atoms with Gasteiger partial charge in [0.15, 0.2) is 0 Å². The zero-order chi connectivity index (χ0) is 13.9. The molecule has 1 aliphatic heterocycles. The molecule has 0 aromatic carbocycles. The SMILES string of the molecule is O=C(CSC(=S)N1CCCC1)N(C1CCCC1)C1CC1. The molecule has 0 atom stereocenters. The molecule has 0 aromatic rings. The molecule has 0 aromatic heterocycles. The van der Waals surface area contributed by atoms with Crippen LogP contribution < -0.4 is 0 Å². The predicted molar refractivity (Wildman–Crippen MR) is 88.0 cm³/mol. The summed E-state index contributed by atoms with van der Waals surface area (Å²) in [5.74, 6) is 0.869. The molecule has 3 fully saturated rings. The van der Waals surface area contributed by atoms with E-state index in [-0.39, 0.29) is 0 Å². The Labute approximate surface area is 131 Å². The molecule has 0 N–H and O–H groups in total. The van der Waals surface area contributed by atoms with Crippen molar-refractivity contribution in [1.82, 2.24) is 9.80 Å². The van der Waals surface area contributed by atoms with E-state index >= 15 is 0 Å². The molecule has 20 heavy (non-hydrogen) atoms. The molecule has 5 heteroatoms. The number of hydrogen-bond acceptors (Lipinski definition) is 3. The van der Waals surface area contributed by atoms with Crippen molar-refractivity contribution in [3.05, 3.63) is 0 Å². The van der Waals surface area contributed by atoms with E-state index in [4.69, 9.17) is 12.2 Å². The molecule has 3 aliphatic rings. The van der Waals surface area contributed by atoms with Crippen molar-refractivity contribution in [2.24, 2.45) is 0 Å². The summed E-state index contributed by atoms with van der Waals surface area (Å²) in [6.45, 7) is 2.16. The molecular formula is C15H24N2OS2. The highest BCUT2D eigenvalue weighted by atomic mass is 32.2. The van der Waals surface area contributed by atoms with Gasteiger partial charge in [-0.1, -0.05) is 36.8 Å². The van der Waals surface area contributed by atoms with Crippen molar-refractivity contribution < 1.29 is 4.79 Å². The fourth-order valence-corrected chi connectivity index (χ4v) is 4.55. The molecule has 2 aliphatic carbocycles. The quantitative estimate of drug-likeness (QED) is 0.745. The van der Waals surface area contributed by atoms with E-state index in [9.17, 15) is 4.79 Å². The standard InChI is InChI=1S/C15H24N2OS2/c18-14(11-20-15(19)16-9-3-4-10-16)17(13-7-8-13)12-5-1-2-6-12/h12-13H,1-11H2. The first-order valence-corrected chi connectivity index (χ1v) is 9.38. The second kappa shape index (κ2) is 6.65. The first-order chi connectivity index (χ1) is 9.75. The summed E-state index contributed by atoms with van der Waals surface area (Å²) in [5.41, 5.74) is 0. The van der Waals surface area contributed by atoms with E-state index in [0.717, 1.165) is 17.4 Å². The van der Waals surface area contributed by atoms with Crippen LogP contribution in [0, 0.1) is 0 Å². The van der Waals surface area contributed by atoms with Gasteiger partial charge in [-0.3, -0.25) is 4.79 Å². The van der Waals surface area contributed by atoms with Gasteiger partial charge in [0.25, 0.3) is 0 Å². The Hall–Kier alpha value is -0.290. The molecule has 112 valence electrons. The normalized spacial score (nSPS) is 23.3. The number of hydrogen-bond donors (Lipinski definition) is 0. The van der Waals surface area contributed by atoms with Crippen molar-refractivity contribution >= 4 is 34.2 Å². The molecule has 0 unspecified atom stereocenters. The average molecular weight is 313 g/mol. The Morgan fingerprint density at radius 1 is 1.05 bits per heavy atom. The van der Waals surface area contributed by atoms with Gasteiger partial charge in [0, 0.05) is 25.2 Å². The minimum absolute atomic E-state index is 0.325. The van der Waals surface area contributed by atoms with Gasteiger partial charge in [0.1, 0.15) is 4.32 Å². The number of likely N-dealkylation sites (tertiary alicyclic amines) is 1. The van der Waals surface area contributed by atoms with Crippen molar-refractivity contribution in [3.63, 3.8) is 0 Å². The maximum Gasteiger partial charge on any atom is 0.233 e. The van der Waals surface area contributed by atoms with Gasteiger partial charge in [-0.2, -0.15) is 0 Å². The van der Waals surface area contributed by atoms with Crippen LogP contribution >= 0.6 is 24.0 Å². The zero-order valence-electron chi connectivity index (χ0n) is 12.1. The highest BCUT2D eigenvalue weighted by Crippen LogP contribution is 2.35. The van der Waals surface area contributed by atoms with Crippen LogP contribution in [0.25, 0.3) is 0 Å². The minimum Gasteiger partial charge on any atom is -0.358 e. The number of thiocarbonyl (C=S) groups is 1. The fourth-order valence-electron chi connectivity index (χ4n) is 3.43. The van der Waals surface area contributed by atoms with Crippen LogP contribution in [0.4, 0.5) is 0 Å². The number of amides is 1. The van der Waals surface area contributed by atoms with Crippen molar-refractivity contribution in [1.29, 1.82) is 0 Å². The lowest BCUT2D eigenvalue weighted by Gasteiger charge is -2.29. The molecule has 0 bridgehead atoms. The van der Waals surface area contributed by atoms with E-state index in [0.29, 0.717) is 23.7 Å². The molecule has 3 nitrogen and oxygen atoms in total. The maximum absolute atomic E-state index is 12.6. The summed E-state index contributed by atoms with van der Waals surface area (Å²) in [6, 6.07) is 1.07. The third kappa shape index (κ3) is 3.48. The van der Waals surface area contributed by atoms with E-state index in [1.807, 2.05) is 0 Å². The lowest BCUT2D eigenvalue weighted by Crippen LogP contribution is -2.42. The predicted octanol–water partition coefficient (Wildman–Crippen LogP) is 3.03. The number of thioether (sulfide) groups is 1. The third-order valence-electron chi connectivity index (χ3n) is 4.63. The largest absolute Gasteiger partial charge is 0.358 e. The topological polar surface area (TPSA) is 23.6 Å². The van der Waals surface area contributed by atoms with Crippen LogP contribution in [0.2, 0.25) is 0 Å². The van der Waals surface area contributed by atoms with Crippen LogP contribution in [0.1, 0.15) is 51.4 Å². The summed E-state index contributed by atoms with van der Waals surface area (Å²) >= 11 is 7.03. The van der Waals surface area contributed by atoms with Crippen LogP contribution in [0.15, 0.2) is 0 Å². The van der Waals surface area contributed by atoms with Crippen LogP contribution in [0.3, 0.4) is 0 Å². The lowest BCUT2D eigenvalue weighted by atomic mass is 10.2. The second-order valence-electron chi connectivity index (χ2n) is 6.22. The Morgan fingerprint density at radius 3 is 2.25 bits per heavy atom. The molecule has 1 amide bonds. The molecule has 3 rings (SSSR count). The van der Waals surface area contributed by atoms with Crippen molar-refractivity contribution in [3.8, 4) is 0 Å².